The summed E-state index contributed by atoms with van der Waals surface area (Å²) < 4.78 is 10.2. The molecule has 0 spiro atoms. The largest absolute Gasteiger partial charge is 0.467 e. The number of carbonyl (C=O) groups excluding carboxylic acids is 2. The first-order valence-corrected chi connectivity index (χ1v) is 8.77. The molecule has 1 N–H and O–H groups in total. The Bertz CT molecular complexity index is 707. The minimum atomic E-state index is -0.668. The normalized spacial score (nSPS) is 13.1. The molecule has 2 heterocycles. The van der Waals surface area contributed by atoms with Crippen LogP contribution in [0.1, 0.15) is 20.3 Å². The number of methoxy groups -OCH3 is 1. The van der Waals surface area contributed by atoms with Crippen molar-refractivity contribution in [1.82, 2.24) is 20.5 Å². The monoisotopic (exact) mass is 364 g/mol. The predicted octanol–water partition coefficient (Wildman–Crippen LogP) is 1.93. The number of hydrogen-bond donors (Lipinski definition) is 1. The number of amides is 1. The Balaban J connectivity index is 1.91. The third-order valence-electron chi connectivity index (χ3n) is 3.65. The van der Waals surface area contributed by atoms with Crippen molar-refractivity contribution in [3.63, 3.8) is 0 Å². The van der Waals surface area contributed by atoms with Crippen molar-refractivity contribution in [2.45, 2.75) is 31.5 Å². The van der Waals surface area contributed by atoms with Crippen LogP contribution < -0.4 is 5.32 Å². The number of hydrogen-bond acceptors (Lipinski definition) is 8. The molecule has 2 unspecified atom stereocenters. The van der Waals surface area contributed by atoms with E-state index in [4.69, 9.17) is 9.15 Å². The van der Waals surface area contributed by atoms with E-state index in [1.54, 1.807) is 24.5 Å². The highest BCUT2D eigenvalue weighted by molar-refractivity contribution is 7.99. The number of carbonyl (C=O) groups is 2. The highest BCUT2D eigenvalue weighted by Gasteiger charge is 2.26. The molecule has 2 aromatic rings. The van der Waals surface area contributed by atoms with Crippen molar-refractivity contribution in [2.24, 2.45) is 5.92 Å². The van der Waals surface area contributed by atoms with Gasteiger partial charge in [-0.25, -0.2) is 4.79 Å². The van der Waals surface area contributed by atoms with Gasteiger partial charge in [0.05, 0.1) is 12.9 Å². The second kappa shape index (κ2) is 9.16. The first kappa shape index (κ1) is 18.9. The number of aromatic nitrogens is 3. The Morgan fingerprint density at radius 2 is 2.04 bits per heavy atom. The van der Waals surface area contributed by atoms with Crippen molar-refractivity contribution in [1.29, 1.82) is 0 Å². The molecule has 0 aliphatic heterocycles. The molecule has 0 saturated heterocycles. The lowest BCUT2D eigenvalue weighted by atomic mass is 9.99. The fourth-order valence-electron chi connectivity index (χ4n) is 2.02. The highest BCUT2D eigenvalue weighted by Crippen LogP contribution is 2.22. The van der Waals surface area contributed by atoms with E-state index in [0.29, 0.717) is 5.89 Å². The number of thioether (sulfide) groups is 1. The third-order valence-corrected chi connectivity index (χ3v) is 4.46. The number of esters is 1. The maximum atomic E-state index is 12.1. The zero-order chi connectivity index (χ0) is 18.2. The third kappa shape index (κ3) is 5.28. The molecule has 1 amide bonds. The number of rotatable bonds is 8. The van der Waals surface area contributed by atoms with E-state index in [0.717, 1.165) is 23.7 Å². The fourth-order valence-corrected chi connectivity index (χ4v) is 2.59. The molecule has 2 rings (SSSR count). The lowest BCUT2D eigenvalue weighted by molar-refractivity contribution is -0.146. The molecule has 0 radical (unpaired) electrons. The van der Waals surface area contributed by atoms with E-state index in [9.17, 15) is 9.59 Å². The number of pyridine rings is 1. The Morgan fingerprint density at radius 3 is 2.68 bits per heavy atom. The van der Waals surface area contributed by atoms with Gasteiger partial charge >= 0.3 is 5.97 Å². The smallest absolute Gasteiger partial charge is 0.328 e. The summed E-state index contributed by atoms with van der Waals surface area (Å²) in [6, 6.07) is 2.84. The second-order valence-corrected chi connectivity index (χ2v) is 6.28. The highest BCUT2D eigenvalue weighted by atomic mass is 32.2. The van der Waals surface area contributed by atoms with Gasteiger partial charge in [0.25, 0.3) is 5.22 Å². The molecule has 134 valence electrons. The molecule has 9 heteroatoms. The van der Waals surface area contributed by atoms with Crippen LogP contribution in [0.25, 0.3) is 11.5 Å². The molecule has 0 fully saturated rings. The van der Waals surface area contributed by atoms with Gasteiger partial charge in [0.1, 0.15) is 6.04 Å². The predicted molar refractivity (Wildman–Crippen MR) is 91.7 cm³/mol. The van der Waals surface area contributed by atoms with Crippen LogP contribution in [0.4, 0.5) is 0 Å². The van der Waals surface area contributed by atoms with Gasteiger partial charge in [0.15, 0.2) is 0 Å². The number of nitrogens with zero attached hydrogens (tertiary/aromatic N) is 3. The molecule has 2 atom stereocenters. The summed E-state index contributed by atoms with van der Waals surface area (Å²) in [6.45, 7) is 3.83. The lowest BCUT2D eigenvalue weighted by Crippen LogP contribution is -2.46. The maximum Gasteiger partial charge on any atom is 0.328 e. The van der Waals surface area contributed by atoms with E-state index in [-0.39, 0.29) is 22.8 Å². The van der Waals surface area contributed by atoms with Crippen LogP contribution in [0, 0.1) is 5.92 Å². The van der Waals surface area contributed by atoms with Crippen molar-refractivity contribution in [3.05, 3.63) is 24.5 Å². The first-order valence-electron chi connectivity index (χ1n) is 7.79. The number of ether oxygens (including phenoxy) is 1. The molecule has 8 nitrogen and oxygen atoms in total. The quantitative estimate of drug-likeness (QED) is 0.559. The Morgan fingerprint density at radius 1 is 1.32 bits per heavy atom. The minimum Gasteiger partial charge on any atom is -0.467 e. The zero-order valence-corrected chi connectivity index (χ0v) is 15.1. The molecule has 0 bridgehead atoms. The lowest BCUT2D eigenvalue weighted by Gasteiger charge is -2.21. The van der Waals surface area contributed by atoms with Gasteiger partial charge in [-0.1, -0.05) is 32.0 Å². The Kier molecular flexibility index (Phi) is 6.93. The van der Waals surface area contributed by atoms with Crippen LogP contribution in [0.5, 0.6) is 0 Å². The molecule has 25 heavy (non-hydrogen) atoms. The summed E-state index contributed by atoms with van der Waals surface area (Å²) >= 11 is 1.10. The van der Waals surface area contributed by atoms with Crippen molar-refractivity contribution >= 4 is 23.6 Å². The summed E-state index contributed by atoms with van der Waals surface area (Å²) in [5, 5.41) is 10.8. The van der Waals surface area contributed by atoms with Crippen LogP contribution in [0.15, 0.2) is 34.2 Å². The van der Waals surface area contributed by atoms with E-state index in [1.807, 2.05) is 13.8 Å². The zero-order valence-electron chi connectivity index (χ0n) is 14.3. The van der Waals surface area contributed by atoms with Crippen LogP contribution >= 0.6 is 11.8 Å². The van der Waals surface area contributed by atoms with Crippen LogP contribution in [0.2, 0.25) is 0 Å². The summed E-state index contributed by atoms with van der Waals surface area (Å²) in [4.78, 5) is 27.8. The Labute approximate surface area is 149 Å². The molecule has 0 aromatic carbocycles. The molecule has 0 aliphatic rings. The topological polar surface area (TPSA) is 107 Å². The van der Waals surface area contributed by atoms with Gasteiger partial charge in [0, 0.05) is 18.0 Å². The average molecular weight is 364 g/mol. The molecule has 0 saturated carbocycles. The van der Waals surface area contributed by atoms with E-state index < -0.39 is 12.0 Å². The van der Waals surface area contributed by atoms with Crippen LogP contribution in [0.3, 0.4) is 0 Å². The van der Waals surface area contributed by atoms with E-state index in [1.165, 1.54) is 7.11 Å². The van der Waals surface area contributed by atoms with E-state index >= 15 is 0 Å². The number of nitrogens with one attached hydrogen (secondary N) is 1. The van der Waals surface area contributed by atoms with Gasteiger partial charge in [-0.2, -0.15) is 0 Å². The maximum absolute atomic E-state index is 12.1. The van der Waals surface area contributed by atoms with Crippen molar-refractivity contribution < 1.29 is 18.7 Å². The van der Waals surface area contributed by atoms with Gasteiger partial charge in [0.2, 0.25) is 11.8 Å². The van der Waals surface area contributed by atoms with Gasteiger partial charge in [-0.15, -0.1) is 10.2 Å². The van der Waals surface area contributed by atoms with Gasteiger partial charge in [-0.3, -0.25) is 9.78 Å². The first-order chi connectivity index (χ1) is 12.0. The summed E-state index contributed by atoms with van der Waals surface area (Å²) in [5.74, 6) is -0.364. The Hall–Kier alpha value is -2.42. The molecule has 0 aliphatic carbocycles. The summed E-state index contributed by atoms with van der Waals surface area (Å²) in [5.41, 5.74) is 0.751. The SMILES string of the molecule is CCC(C)C(NC(=O)CSc1nnc(-c2ccncc2)o1)C(=O)OC. The van der Waals surface area contributed by atoms with Gasteiger partial charge in [-0.05, 0) is 18.1 Å². The molecular weight excluding hydrogens is 344 g/mol. The summed E-state index contributed by atoms with van der Waals surface area (Å²) in [6.07, 6.45) is 4.00. The summed E-state index contributed by atoms with van der Waals surface area (Å²) in [7, 11) is 1.30. The second-order valence-electron chi connectivity index (χ2n) is 5.35. The average Bonchev–Trinajstić information content (AvgIpc) is 3.13. The standard InChI is InChI=1S/C16H20N4O4S/c1-4-10(2)13(15(22)23-3)18-12(21)9-25-16-20-19-14(24-16)11-5-7-17-8-6-11/h5-8,10,13H,4,9H2,1-3H3,(H,18,21). The van der Waals surface area contributed by atoms with Crippen molar-refractivity contribution in [2.75, 3.05) is 12.9 Å². The van der Waals surface area contributed by atoms with Crippen LogP contribution in [-0.2, 0) is 14.3 Å². The van der Waals surface area contributed by atoms with Crippen LogP contribution in [-0.4, -0.2) is 46.0 Å². The van der Waals surface area contributed by atoms with Crippen molar-refractivity contribution in [3.8, 4) is 11.5 Å². The fraction of sp³-hybridized carbons (Fsp3) is 0.438. The minimum absolute atomic E-state index is 0.0249. The van der Waals surface area contributed by atoms with E-state index in [2.05, 4.69) is 20.5 Å². The molecular formula is C16H20N4O4S. The molecule has 2 aromatic heterocycles. The van der Waals surface area contributed by atoms with Gasteiger partial charge < -0.3 is 14.5 Å².